The second kappa shape index (κ2) is 8.38. The Morgan fingerprint density at radius 3 is 2.00 bits per heavy atom. The van der Waals surface area contributed by atoms with Crippen molar-refractivity contribution in [2.75, 3.05) is 0 Å². The minimum absolute atomic E-state index is 0.826. The summed E-state index contributed by atoms with van der Waals surface area (Å²) in [4.78, 5) is 0. The predicted octanol–water partition coefficient (Wildman–Crippen LogP) is 5.44. The van der Waals surface area contributed by atoms with Gasteiger partial charge in [-0.05, 0) is 8.07 Å². The molecule has 0 amide bonds. The molecular weight excluding hydrogens is 430 g/mol. The van der Waals surface area contributed by atoms with Gasteiger partial charge >= 0.3 is 37.9 Å². The second-order valence-corrected chi connectivity index (χ2v) is 15.5. The van der Waals surface area contributed by atoms with Crippen LogP contribution in [-0.2, 0) is 33.7 Å². The van der Waals surface area contributed by atoms with Gasteiger partial charge in [0.05, 0.1) is 0 Å². The van der Waals surface area contributed by atoms with E-state index in [1.54, 1.807) is 32.6 Å². The standard InChI is InChI=1S/C20H28Si.2ClH.Zr/c1-13-14(2)16(4)20(15(13)3)21(5,6)19-12-11-17-9-7-8-10-18(17)19;;;/h11-12H,7-10H2,1-6H3;2*1H;/q-2;;;+4/p-2. The predicted molar refractivity (Wildman–Crippen MR) is 108 cm³/mol. The second-order valence-electron chi connectivity index (χ2n) is 7.53. The molecule has 3 rings (SSSR count). The zero-order chi connectivity index (χ0) is 18.1. The van der Waals surface area contributed by atoms with Gasteiger partial charge in [0.15, 0.2) is 0 Å². The van der Waals surface area contributed by atoms with Crippen LogP contribution in [0.25, 0.3) is 0 Å². The summed E-state index contributed by atoms with van der Waals surface area (Å²) in [6.45, 7) is 14.4. The van der Waals surface area contributed by atoms with E-state index in [1.807, 2.05) is 0 Å². The number of hydrogen-bond acceptors (Lipinski definition) is 0. The SMILES string of the molecule is Cc1c(C)c(C)[c-]([Si](C)(C)[c-]2ccc3c2CCCC3)c1C.[Cl][Zr+2][Cl]. The van der Waals surface area contributed by atoms with Crippen LogP contribution in [0.4, 0.5) is 0 Å². The number of fused-ring (bicyclic) bond motifs is 1. The summed E-state index contributed by atoms with van der Waals surface area (Å²) < 4.78 is 0. The van der Waals surface area contributed by atoms with Crippen molar-refractivity contribution in [1.29, 1.82) is 0 Å². The van der Waals surface area contributed by atoms with Crippen LogP contribution >= 0.6 is 17.0 Å². The Labute approximate surface area is 167 Å². The van der Waals surface area contributed by atoms with E-state index in [0.717, 1.165) is 0 Å². The van der Waals surface area contributed by atoms with Crippen molar-refractivity contribution < 1.29 is 20.8 Å². The average Bonchev–Trinajstić information content (AvgIpc) is 3.05. The van der Waals surface area contributed by atoms with Crippen molar-refractivity contribution in [1.82, 2.24) is 0 Å². The first-order valence-corrected chi connectivity index (χ1v) is 18.1. The summed E-state index contributed by atoms with van der Waals surface area (Å²) in [5.41, 5.74) is 9.52. The monoisotopic (exact) mass is 456 g/mol. The normalized spacial score (nSPS) is 13.8. The average molecular weight is 459 g/mol. The molecule has 24 heavy (non-hydrogen) atoms. The van der Waals surface area contributed by atoms with Gasteiger partial charge in [-0.1, -0.05) is 66.5 Å². The third-order valence-corrected chi connectivity index (χ3v) is 9.84. The summed E-state index contributed by atoms with van der Waals surface area (Å²) in [5, 5.41) is 3.42. The van der Waals surface area contributed by atoms with E-state index in [0.29, 0.717) is 0 Å². The first-order chi connectivity index (χ1) is 11.3. The zero-order valence-corrected chi connectivity index (χ0v) is 20.7. The Balaban J connectivity index is 0.000000647. The van der Waals surface area contributed by atoms with E-state index >= 15 is 0 Å². The van der Waals surface area contributed by atoms with E-state index < -0.39 is 28.9 Å². The molecule has 2 aromatic carbocycles. The number of hydrogen-bond donors (Lipinski definition) is 0. The van der Waals surface area contributed by atoms with Gasteiger partial charge in [-0.3, -0.25) is 0 Å². The minimum atomic E-state index is -1.58. The van der Waals surface area contributed by atoms with Gasteiger partial charge in [0, 0.05) is 0 Å². The van der Waals surface area contributed by atoms with Gasteiger partial charge in [-0.15, -0.1) is 0 Å². The van der Waals surface area contributed by atoms with Crippen LogP contribution in [0.5, 0.6) is 0 Å². The van der Waals surface area contributed by atoms with E-state index in [4.69, 9.17) is 17.0 Å². The van der Waals surface area contributed by atoms with Gasteiger partial charge in [0.25, 0.3) is 0 Å². The summed E-state index contributed by atoms with van der Waals surface area (Å²) >= 11 is -0.826. The van der Waals surface area contributed by atoms with Crippen molar-refractivity contribution in [3.8, 4) is 0 Å². The molecule has 0 atom stereocenters. The molecule has 2 aromatic rings. The topological polar surface area (TPSA) is 0 Å². The van der Waals surface area contributed by atoms with Crippen LogP contribution in [0.1, 0.15) is 46.2 Å². The van der Waals surface area contributed by atoms with E-state index in [2.05, 4.69) is 52.9 Å². The molecule has 0 spiro atoms. The summed E-state index contributed by atoms with van der Waals surface area (Å²) in [6.07, 6.45) is 5.37. The van der Waals surface area contributed by atoms with E-state index in [1.165, 1.54) is 36.8 Å². The first-order valence-electron chi connectivity index (χ1n) is 8.75. The van der Waals surface area contributed by atoms with Crippen molar-refractivity contribution in [2.24, 2.45) is 0 Å². The van der Waals surface area contributed by atoms with Gasteiger partial charge in [-0.25, -0.2) is 6.07 Å². The molecule has 0 radical (unpaired) electrons. The molecule has 130 valence electrons. The Morgan fingerprint density at radius 1 is 0.958 bits per heavy atom. The van der Waals surface area contributed by atoms with Gasteiger partial charge in [0.2, 0.25) is 0 Å². The number of aryl methyl sites for hydroxylation is 1. The van der Waals surface area contributed by atoms with Gasteiger partial charge < -0.3 is 0 Å². The fraction of sp³-hybridized carbons (Fsp3) is 0.500. The molecule has 1 aliphatic carbocycles. The summed E-state index contributed by atoms with van der Waals surface area (Å²) in [5.74, 6) is 0. The van der Waals surface area contributed by atoms with Crippen molar-refractivity contribution in [3.63, 3.8) is 0 Å². The fourth-order valence-corrected chi connectivity index (χ4v) is 8.64. The molecule has 4 heteroatoms. The van der Waals surface area contributed by atoms with E-state index in [-0.39, 0.29) is 0 Å². The third-order valence-electron chi connectivity index (χ3n) is 6.02. The maximum atomic E-state index is 4.93. The zero-order valence-electron chi connectivity index (χ0n) is 15.7. The molecule has 0 unspecified atom stereocenters. The molecule has 0 saturated heterocycles. The Morgan fingerprint density at radius 2 is 1.46 bits per heavy atom. The summed E-state index contributed by atoms with van der Waals surface area (Å²) in [6, 6.07) is 4.89. The first kappa shape index (κ1) is 20.7. The molecule has 0 bridgehead atoms. The van der Waals surface area contributed by atoms with Crippen LogP contribution in [0.15, 0.2) is 12.1 Å². The molecule has 0 aromatic heterocycles. The molecule has 1 aliphatic rings. The van der Waals surface area contributed by atoms with Crippen LogP contribution in [0.2, 0.25) is 13.1 Å². The van der Waals surface area contributed by atoms with Crippen LogP contribution in [0, 0.1) is 27.7 Å². The molecule has 0 fully saturated rings. The summed E-state index contributed by atoms with van der Waals surface area (Å²) in [7, 11) is 8.29. The van der Waals surface area contributed by atoms with E-state index in [9.17, 15) is 0 Å². The van der Waals surface area contributed by atoms with Gasteiger partial charge in [-0.2, -0.15) is 49.8 Å². The maximum absolute atomic E-state index is 4.93. The molecule has 0 heterocycles. The number of rotatable bonds is 2. The van der Waals surface area contributed by atoms with Crippen LogP contribution < -0.4 is 10.4 Å². The van der Waals surface area contributed by atoms with Crippen molar-refractivity contribution in [2.45, 2.75) is 66.5 Å². The third kappa shape index (κ3) is 3.73. The quantitative estimate of drug-likeness (QED) is 0.415. The molecule has 0 saturated carbocycles. The Bertz CT molecular complexity index is 684. The van der Waals surface area contributed by atoms with Crippen molar-refractivity contribution in [3.05, 3.63) is 45.5 Å². The molecule has 0 nitrogen and oxygen atoms in total. The van der Waals surface area contributed by atoms with Gasteiger partial charge in [0.1, 0.15) is 0 Å². The van der Waals surface area contributed by atoms with Crippen molar-refractivity contribution >= 4 is 35.5 Å². The molecule has 0 aliphatic heterocycles. The molecule has 0 N–H and O–H groups in total. The Hall–Kier alpha value is 0.380. The Kier molecular flexibility index (Phi) is 7.22. The molecular formula is C20H28Cl2SiZr. The van der Waals surface area contributed by atoms with Crippen LogP contribution in [-0.4, -0.2) is 8.07 Å². The number of halogens is 2. The fourth-order valence-electron chi connectivity index (χ4n) is 4.58. The van der Waals surface area contributed by atoms with Crippen LogP contribution in [0.3, 0.4) is 0 Å².